The van der Waals surface area contributed by atoms with Gasteiger partial charge in [-0.25, -0.2) is 13.2 Å². The van der Waals surface area contributed by atoms with Gasteiger partial charge in [0.05, 0.1) is 0 Å². The number of halogens is 6. The Hall–Kier alpha value is -0.940. The molecule has 0 amide bonds. The van der Waals surface area contributed by atoms with Crippen molar-refractivity contribution in [2.45, 2.75) is 30.6 Å². The summed E-state index contributed by atoms with van der Waals surface area (Å²) < 4.78 is 81.0. The molecule has 0 aromatic rings. The molecular formula is C13H10F6. The van der Waals surface area contributed by atoms with Gasteiger partial charge in [0.1, 0.15) is 0 Å². The first-order valence-corrected chi connectivity index (χ1v) is 6.25. The molecule has 0 aliphatic heterocycles. The van der Waals surface area contributed by atoms with Crippen LogP contribution < -0.4 is 0 Å². The molecule has 1 saturated carbocycles. The molecule has 4 aliphatic rings. The van der Waals surface area contributed by atoms with E-state index in [1.807, 2.05) is 0 Å². The molecule has 0 aromatic heterocycles. The van der Waals surface area contributed by atoms with Gasteiger partial charge in [-0.1, -0.05) is 23.3 Å². The fourth-order valence-electron chi connectivity index (χ4n) is 4.59. The van der Waals surface area contributed by atoms with Crippen LogP contribution in [0, 0.1) is 23.7 Å². The van der Waals surface area contributed by atoms with E-state index in [4.69, 9.17) is 0 Å². The molecule has 5 atom stereocenters. The summed E-state index contributed by atoms with van der Waals surface area (Å²) in [5.74, 6) is -8.06. The molecule has 104 valence electrons. The van der Waals surface area contributed by atoms with E-state index in [9.17, 15) is 26.3 Å². The maximum absolute atomic E-state index is 14.3. The Morgan fingerprint density at radius 1 is 0.895 bits per heavy atom. The molecule has 0 radical (unpaired) electrons. The van der Waals surface area contributed by atoms with Crippen molar-refractivity contribution in [2.24, 2.45) is 23.7 Å². The fourth-order valence-corrected chi connectivity index (χ4v) is 4.59. The normalized spacial score (nSPS) is 49.4. The minimum absolute atomic E-state index is 0.196. The largest absolute Gasteiger partial charge is 0.429 e. The fraction of sp³-hybridized carbons (Fsp3) is 0.692. The third-order valence-electron chi connectivity index (χ3n) is 5.25. The molecule has 5 unspecified atom stereocenters. The highest BCUT2D eigenvalue weighted by Gasteiger charge is 2.84. The van der Waals surface area contributed by atoms with Crippen molar-refractivity contribution in [1.82, 2.24) is 0 Å². The number of rotatable bonds is 0. The Bertz CT molecular complexity index is 528. The van der Waals surface area contributed by atoms with Crippen molar-refractivity contribution in [2.75, 3.05) is 0 Å². The van der Waals surface area contributed by atoms with E-state index in [0.717, 1.165) is 0 Å². The highest BCUT2D eigenvalue weighted by molar-refractivity contribution is 5.50. The van der Waals surface area contributed by atoms with Gasteiger partial charge in [0.2, 0.25) is 0 Å². The Kier molecular flexibility index (Phi) is 1.80. The zero-order chi connectivity index (χ0) is 13.8. The molecule has 4 rings (SSSR count). The van der Waals surface area contributed by atoms with Crippen LogP contribution in [0.5, 0.6) is 0 Å². The minimum Gasteiger partial charge on any atom is -0.226 e. The standard InChI is InChI=1S/C13H10F6/c14-11(13(17,18)19)7-4-8(12(11,15)16)10-6-2-1-5(3-6)9(7)10/h1-2,5-8H,3-4H2. The molecule has 0 heterocycles. The van der Waals surface area contributed by atoms with Crippen LogP contribution in [-0.2, 0) is 0 Å². The molecule has 0 spiro atoms. The van der Waals surface area contributed by atoms with E-state index in [-0.39, 0.29) is 11.8 Å². The summed E-state index contributed by atoms with van der Waals surface area (Å²) in [5.41, 5.74) is -3.66. The molecule has 0 N–H and O–H groups in total. The molecular weight excluding hydrogens is 270 g/mol. The number of hydrogen-bond acceptors (Lipinski definition) is 0. The van der Waals surface area contributed by atoms with Gasteiger partial charge < -0.3 is 0 Å². The first-order valence-electron chi connectivity index (χ1n) is 6.25. The quantitative estimate of drug-likeness (QED) is 0.357. The van der Waals surface area contributed by atoms with Gasteiger partial charge in [-0.3, -0.25) is 0 Å². The van der Waals surface area contributed by atoms with E-state index < -0.39 is 36.0 Å². The van der Waals surface area contributed by atoms with Crippen LogP contribution in [0.25, 0.3) is 0 Å². The molecule has 19 heavy (non-hydrogen) atoms. The van der Waals surface area contributed by atoms with E-state index in [1.165, 1.54) is 0 Å². The SMILES string of the molecule is FC(F)(F)C1(F)C2CC(C3=C2C2C=CC3C2)C1(F)F. The highest BCUT2D eigenvalue weighted by Crippen LogP contribution is 2.73. The topological polar surface area (TPSA) is 0 Å². The van der Waals surface area contributed by atoms with E-state index in [2.05, 4.69) is 0 Å². The molecule has 4 aliphatic carbocycles. The van der Waals surface area contributed by atoms with Crippen molar-refractivity contribution in [3.8, 4) is 0 Å². The summed E-state index contributed by atoms with van der Waals surface area (Å²) in [5, 5.41) is 0. The third-order valence-corrected chi connectivity index (χ3v) is 5.25. The van der Waals surface area contributed by atoms with Gasteiger partial charge in [0.15, 0.2) is 0 Å². The molecule has 0 saturated heterocycles. The van der Waals surface area contributed by atoms with Crippen molar-refractivity contribution in [1.29, 1.82) is 0 Å². The van der Waals surface area contributed by atoms with E-state index in [1.54, 1.807) is 12.2 Å². The lowest BCUT2D eigenvalue weighted by atomic mass is 9.74. The second kappa shape index (κ2) is 2.88. The van der Waals surface area contributed by atoms with Gasteiger partial charge in [-0.05, 0) is 24.7 Å². The molecule has 1 fully saturated rings. The van der Waals surface area contributed by atoms with Gasteiger partial charge in [0, 0.05) is 11.8 Å². The van der Waals surface area contributed by atoms with Crippen LogP contribution in [0.3, 0.4) is 0 Å². The van der Waals surface area contributed by atoms with Crippen molar-refractivity contribution < 1.29 is 26.3 Å². The minimum atomic E-state index is -5.53. The Labute approximate surface area is 105 Å². The van der Waals surface area contributed by atoms with Crippen LogP contribution in [0.2, 0.25) is 0 Å². The van der Waals surface area contributed by atoms with E-state index >= 15 is 0 Å². The molecule has 0 nitrogen and oxygen atoms in total. The maximum Gasteiger partial charge on any atom is 0.429 e. The molecule has 0 aromatic carbocycles. The summed E-state index contributed by atoms with van der Waals surface area (Å²) >= 11 is 0. The molecule has 4 bridgehead atoms. The zero-order valence-electron chi connectivity index (χ0n) is 9.65. The lowest BCUT2D eigenvalue weighted by Crippen LogP contribution is -2.59. The Balaban J connectivity index is 1.90. The third kappa shape index (κ3) is 1.00. The first kappa shape index (κ1) is 11.9. The lowest BCUT2D eigenvalue weighted by molar-refractivity contribution is -0.307. The number of hydrogen-bond donors (Lipinski definition) is 0. The monoisotopic (exact) mass is 280 g/mol. The smallest absolute Gasteiger partial charge is 0.226 e. The average Bonchev–Trinajstić information content (AvgIpc) is 2.98. The van der Waals surface area contributed by atoms with Crippen molar-refractivity contribution >= 4 is 0 Å². The summed E-state index contributed by atoms with van der Waals surface area (Å²) in [7, 11) is 0. The zero-order valence-corrected chi connectivity index (χ0v) is 9.65. The Morgan fingerprint density at radius 2 is 1.42 bits per heavy atom. The van der Waals surface area contributed by atoms with Crippen LogP contribution in [-0.4, -0.2) is 17.8 Å². The van der Waals surface area contributed by atoms with Crippen molar-refractivity contribution in [3.05, 3.63) is 23.3 Å². The van der Waals surface area contributed by atoms with E-state index in [0.29, 0.717) is 17.6 Å². The predicted molar refractivity (Wildman–Crippen MR) is 54.2 cm³/mol. The Morgan fingerprint density at radius 3 is 1.95 bits per heavy atom. The summed E-state index contributed by atoms with van der Waals surface area (Å²) in [6.45, 7) is 0. The number of fused-ring (bicyclic) bond motifs is 8. The summed E-state index contributed by atoms with van der Waals surface area (Å²) in [4.78, 5) is 0. The second-order valence-corrected chi connectivity index (χ2v) is 5.92. The predicted octanol–water partition coefficient (Wildman–Crippen LogP) is 4.04. The van der Waals surface area contributed by atoms with Crippen LogP contribution in [0.15, 0.2) is 23.3 Å². The summed E-state index contributed by atoms with van der Waals surface area (Å²) in [6, 6.07) is 0. The second-order valence-electron chi connectivity index (χ2n) is 5.92. The summed E-state index contributed by atoms with van der Waals surface area (Å²) in [6.07, 6.45) is -1.88. The van der Waals surface area contributed by atoms with Gasteiger partial charge in [-0.2, -0.15) is 13.2 Å². The van der Waals surface area contributed by atoms with Crippen LogP contribution in [0.1, 0.15) is 12.8 Å². The van der Waals surface area contributed by atoms with Gasteiger partial charge in [-0.15, -0.1) is 0 Å². The lowest BCUT2D eigenvalue weighted by Gasteiger charge is -2.40. The maximum atomic E-state index is 14.3. The van der Waals surface area contributed by atoms with Crippen LogP contribution in [0.4, 0.5) is 26.3 Å². The van der Waals surface area contributed by atoms with Gasteiger partial charge >= 0.3 is 6.18 Å². The van der Waals surface area contributed by atoms with Crippen LogP contribution >= 0.6 is 0 Å². The van der Waals surface area contributed by atoms with Crippen molar-refractivity contribution in [3.63, 3.8) is 0 Å². The number of allylic oxidation sites excluding steroid dienone is 4. The van der Waals surface area contributed by atoms with Gasteiger partial charge in [0.25, 0.3) is 11.6 Å². The first-order chi connectivity index (χ1) is 8.69. The number of alkyl halides is 6. The molecule has 6 heteroatoms. The average molecular weight is 280 g/mol. The highest BCUT2D eigenvalue weighted by atomic mass is 19.4.